The van der Waals surface area contributed by atoms with Gasteiger partial charge in [0, 0.05) is 35.6 Å². The molecule has 1 aliphatic heterocycles. The van der Waals surface area contributed by atoms with Gasteiger partial charge in [0.25, 0.3) is 0 Å². The zero-order chi connectivity index (χ0) is 27.2. The molecule has 1 unspecified atom stereocenters. The van der Waals surface area contributed by atoms with Gasteiger partial charge in [0.15, 0.2) is 0 Å². The average Bonchev–Trinajstić information content (AvgIpc) is 3.78. The van der Waals surface area contributed by atoms with E-state index in [1.807, 2.05) is 60.4 Å². The summed E-state index contributed by atoms with van der Waals surface area (Å²) in [5, 5.41) is 0.995. The fourth-order valence-electron chi connectivity index (χ4n) is 6.19. The van der Waals surface area contributed by atoms with E-state index in [4.69, 9.17) is 23.2 Å². The molecule has 0 N–H and O–H groups in total. The summed E-state index contributed by atoms with van der Waals surface area (Å²) in [6.45, 7) is 6.28. The Hall–Kier alpha value is -1.86. The van der Waals surface area contributed by atoms with E-state index < -0.39 is 15.4 Å². The molecule has 3 aliphatic rings. The summed E-state index contributed by atoms with van der Waals surface area (Å²) in [5.41, 5.74) is 1.39. The molecule has 0 radical (unpaired) electrons. The van der Waals surface area contributed by atoms with Crippen molar-refractivity contribution in [2.75, 3.05) is 13.6 Å². The number of likely N-dealkylation sites (tertiary alicyclic amines) is 1. The number of carbonyl (C=O) groups is 1. The van der Waals surface area contributed by atoms with Crippen molar-refractivity contribution in [2.45, 2.75) is 68.7 Å². The maximum absolute atomic E-state index is 14.5. The van der Waals surface area contributed by atoms with Gasteiger partial charge in [-0.3, -0.25) is 4.79 Å². The molecule has 4 atom stereocenters. The zero-order valence-electron chi connectivity index (χ0n) is 22.0. The van der Waals surface area contributed by atoms with Crippen LogP contribution in [0.25, 0.3) is 0 Å². The Labute approximate surface area is 236 Å². The number of benzene rings is 2. The number of allylic oxidation sites excluding steroid dienone is 1. The van der Waals surface area contributed by atoms with E-state index in [1.54, 1.807) is 7.05 Å². The van der Waals surface area contributed by atoms with E-state index in [2.05, 4.69) is 12.6 Å². The number of piperidine rings is 1. The minimum Gasteiger partial charge on any atom is -0.330 e. The SMILES string of the molecule is C=CCC1(C)C[C@H](c2cccc(Cl)c2)[C@@H](c2ccc(Cl)cc2)N([C@@H](CN(C)S(=O)(=O)C2CC2)C2CC2)C1=O. The second-order valence-electron chi connectivity index (χ2n) is 11.6. The Bertz CT molecular complexity index is 1310. The molecule has 5 rings (SSSR count). The summed E-state index contributed by atoms with van der Waals surface area (Å²) < 4.78 is 27.8. The van der Waals surface area contributed by atoms with Crippen LogP contribution in [0.4, 0.5) is 0 Å². The van der Waals surface area contributed by atoms with Crippen molar-refractivity contribution in [3.8, 4) is 0 Å². The largest absolute Gasteiger partial charge is 0.330 e. The van der Waals surface area contributed by atoms with E-state index in [0.29, 0.717) is 42.3 Å². The van der Waals surface area contributed by atoms with Gasteiger partial charge in [-0.05, 0) is 79.8 Å². The van der Waals surface area contributed by atoms with Crippen molar-refractivity contribution < 1.29 is 13.2 Å². The lowest BCUT2D eigenvalue weighted by Crippen LogP contribution is -2.58. The number of nitrogens with zero attached hydrogens (tertiary/aromatic N) is 2. The number of hydrogen-bond donors (Lipinski definition) is 0. The molecule has 204 valence electrons. The monoisotopic (exact) mass is 574 g/mol. The molecule has 2 aromatic carbocycles. The van der Waals surface area contributed by atoms with Crippen LogP contribution in [0.1, 0.15) is 68.5 Å². The van der Waals surface area contributed by atoms with Crippen LogP contribution in [0.15, 0.2) is 61.2 Å². The highest BCUT2D eigenvalue weighted by Gasteiger charge is 2.54. The number of carbonyl (C=O) groups excluding carboxylic acids is 1. The van der Waals surface area contributed by atoms with Gasteiger partial charge in [0.2, 0.25) is 15.9 Å². The highest BCUT2D eigenvalue weighted by atomic mass is 35.5. The van der Waals surface area contributed by atoms with Crippen LogP contribution in [0, 0.1) is 11.3 Å². The fraction of sp³-hybridized carbons (Fsp3) is 0.500. The van der Waals surface area contributed by atoms with Crippen LogP contribution in [-0.2, 0) is 14.8 Å². The standard InChI is InChI=1S/C30H36Cl2N2O3S/c1-4-16-30(2)18-26(22-6-5-7-24(32)17-22)28(21-10-12-23(31)13-11-21)34(29(30)35)27(20-8-9-20)19-33(3)38(36,37)25-14-15-25/h4-7,10-13,17,20,25-28H,1,8-9,14-16,18-19H2,2-3H3/t26-,27+,28-,30?/m1/s1. The lowest BCUT2D eigenvalue weighted by atomic mass is 9.67. The first kappa shape index (κ1) is 27.7. The van der Waals surface area contributed by atoms with Crippen molar-refractivity contribution in [3.05, 3.63) is 82.4 Å². The second kappa shape index (κ2) is 10.6. The molecule has 3 fully saturated rings. The molecule has 2 saturated carbocycles. The first-order chi connectivity index (χ1) is 18.0. The van der Waals surface area contributed by atoms with Crippen LogP contribution < -0.4 is 0 Å². The third-order valence-electron chi connectivity index (χ3n) is 8.53. The molecule has 5 nitrogen and oxygen atoms in total. The van der Waals surface area contributed by atoms with Crippen LogP contribution in [-0.4, -0.2) is 48.4 Å². The molecular formula is C30H36Cl2N2O3S. The molecular weight excluding hydrogens is 539 g/mol. The number of hydrogen-bond acceptors (Lipinski definition) is 3. The topological polar surface area (TPSA) is 57.7 Å². The predicted molar refractivity (Wildman–Crippen MR) is 154 cm³/mol. The zero-order valence-corrected chi connectivity index (χ0v) is 24.4. The highest BCUT2D eigenvalue weighted by molar-refractivity contribution is 7.90. The van der Waals surface area contributed by atoms with Crippen molar-refractivity contribution in [1.29, 1.82) is 0 Å². The maximum Gasteiger partial charge on any atom is 0.229 e. The van der Waals surface area contributed by atoms with Crippen molar-refractivity contribution >= 4 is 39.1 Å². The highest BCUT2D eigenvalue weighted by Crippen LogP contribution is 2.54. The van der Waals surface area contributed by atoms with Crippen LogP contribution >= 0.6 is 23.2 Å². The van der Waals surface area contributed by atoms with Crippen molar-refractivity contribution in [1.82, 2.24) is 9.21 Å². The Morgan fingerprint density at radius 3 is 2.34 bits per heavy atom. The van der Waals surface area contributed by atoms with Gasteiger partial charge in [0.1, 0.15) is 0 Å². The summed E-state index contributed by atoms with van der Waals surface area (Å²) in [7, 11) is -1.70. The van der Waals surface area contributed by atoms with Gasteiger partial charge >= 0.3 is 0 Å². The van der Waals surface area contributed by atoms with Crippen LogP contribution in [0.2, 0.25) is 10.0 Å². The normalized spacial score (nSPS) is 27.0. The van der Waals surface area contributed by atoms with Gasteiger partial charge < -0.3 is 4.90 Å². The van der Waals surface area contributed by atoms with Crippen LogP contribution in [0.3, 0.4) is 0 Å². The summed E-state index contributed by atoms with van der Waals surface area (Å²) in [6.07, 6.45) is 6.40. The van der Waals surface area contributed by atoms with E-state index in [-0.39, 0.29) is 35.1 Å². The summed E-state index contributed by atoms with van der Waals surface area (Å²) in [4.78, 5) is 16.6. The Morgan fingerprint density at radius 2 is 1.76 bits per heavy atom. The minimum absolute atomic E-state index is 0.0379. The molecule has 0 aromatic heterocycles. The average molecular weight is 576 g/mol. The lowest BCUT2D eigenvalue weighted by molar-refractivity contribution is -0.155. The lowest BCUT2D eigenvalue weighted by Gasteiger charge is -2.52. The second-order valence-corrected chi connectivity index (χ2v) is 14.8. The third kappa shape index (κ3) is 5.42. The van der Waals surface area contributed by atoms with Gasteiger partial charge in [-0.1, -0.05) is 60.5 Å². The minimum atomic E-state index is -3.38. The van der Waals surface area contributed by atoms with Crippen LogP contribution in [0.5, 0.6) is 0 Å². The molecule has 38 heavy (non-hydrogen) atoms. The Kier molecular flexibility index (Phi) is 7.73. The molecule has 8 heteroatoms. The fourth-order valence-corrected chi connectivity index (χ4v) is 8.11. The number of halogens is 2. The Morgan fingerprint density at radius 1 is 1.08 bits per heavy atom. The van der Waals surface area contributed by atoms with Gasteiger partial charge in [-0.25, -0.2) is 12.7 Å². The predicted octanol–water partition coefficient (Wildman–Crippen LogP) is 6.84. The number of amides is 1. The van der Waals surface area contributed by atoms with Gasteiger partial charge in [-0.2, -0.15) is 0 Å². The van der Waals surface area contributed by atoms with E-state index in [9.17, 15) is 13.2 Å². The molecule has 2 aromatic rings. The van der Waals surface area contributed by atoms with E-state index in [0.717, 1.165) is 24.0 Å². The number of likely N-dealkylation sites (N-methyl/N-ethyl adjacent to an activating group) is 1. The van der Waals surface area contributed by atoms with Crippen molar-refractivity contribution in [3.63, 3.8) is 0 Å². The number of sulfonamides is 1. The first-order valence-corrected chi connectivity index (χ1v) is 15.7. The molecule has 1 saturated heterocycles. The summed E-state index contributed by atoms with van der Waals surface area (Å²) in [6, 6.07) is 15.1. The summed E-state index contributed by atoms with van der Waals surface area (Å²) in [5.74, 6) is 0.283. The van der Waals surface area contributed by atoms with Crippen molar-refractivity contribution in [2.24, 2.45) is 11.3 Å². The summed E-state index contributed by atoms with van der Waals surface area (Å²) >= 11 is 12.7. The molecule has 0 spiro atoms. The van der Waals surface area contributed by atoms with E-state index in [1.165, 1.54) is 4.31 Å². The molecule has 1 heterocycles. The molecule has 2 aliphatic carbocycles. The van der Waals surface area contributed by atoms with Gasteiger partial charge in [-0.15, -0.1) is 6.58 Å². The molecule has 1 amide bonds. The van der Waals surface area contributed by atoms with Gasteiger partial charge in [0.05, 0.1) is 16.7 Å². The first-order valence-electron chi connectivity index (χ1n) is 13.4. The number of rotatable bonds is 10. The van der Waals surface area contributed by atoms with E-state index >= 15 is 0 Å². The smallest absolute Gasteiger partial charge is 0.229 e. The maximum atomic E-state index is 14.5. The molecule has 0 bridgehead atoms. The Balaban J connectivity index is 1.64. The third-order valence-corrected chi connectivity index (χ3v) is 11.4. The quantitative estimate of drug-likeness (QED) is 0.292.